The van der Waals surface area contributed by atoms with Gasteiger partial charge in [-0.3, -0.25) is 25.0 Å². The van der Waals surface area contributed by atoms with Crippen LogP contribution in [-0.4, -0.2) is 84.8 Å². The summed E-state index contributed by atoms with van der Waals surface area (Å²) in [5.74, 6) is 3.89. The lowest BCUT2D eigenvalue weighted by molar-refractivity contribution is -0.384. The number of carboxylic acid groups (broad SMARTS) is 1. The maximum Gasteiger partial charge on any atom is 0.407 e. The summed E-state index contributed by atoms with van der Waals surface area (Å²) in [7, 11) is 2.43. The maximum absolute atomic E-state index is 11.9. The fourth-order valence-corrected chi connectivity index (χ4v) is 4.55. The normalized spacial score (nSPS) is 14.0. The smallest absolute Gasteiger partial charge is 0.407 e. The molecule has 1 heterocycles. The van der Waals surface area contributed by atoms with Gasteiger partial charge in [-0.15, -0.1) is 0 Å². The van der Waals surface area contributed by atoms with E-state index in [9.17, 15) is 39.7 Å². The van der Waals surface area contributed by atoms with Gasteiger partial charge in [0.2, 0.25) is 5.91 Å². The van der Waals surface area contributed by atoms with Gasteiger partial charge in [0.05, 0.1) is 29.6 Å². The van der Waals surface area contributed by atoms with Crippen molar-refractivity contribution in [3.05, 3.63) is 67.8 Å². The highest BCUT2D eigenvalue weighted by Crippen LogP contribution is 2.37. The molecule has 2 aromatic rings. The number of ether oxygens (including phenoxy) is 3. The Balaban J connectivity index is 1.73. The molecule has 46 heavy (non-hydrogen) atoms. The van der Waals surface area contributed by atoms with Crippen LogP contribution in [0.4, 0.5) is 27.5 Å². The van der Waals surface area contributed by atoms with E-state index in [4.69, 9.17) is 15.2 Å². The SMILES string of the molecule is COC(=O)c1cc(OC)c(NC/C=C/CNc2c(OCC#CC3CCCN(C(=O)O)C3)cc(C(N)=O)cc2[N+](=O)[O-])c([N+](=O)[O-])c1. The summed E-state index contributed by atoms with van der Waals surface area (Å²) in [5, 5.41) is 38.4. The number of methoxy groups -OCH3 is 2. The van der Waals surface area contributed by atoms with Crippen molar-refractivity contribution in [3.8, 4) is 23.3 Å². The summed E-state index contributed by atoms with van der Waals surface area (Å²) >= 11 is 0. The highest BCUT2D eigenvalue weighted by Gasteiger charge is 2.25. The number of rotatable bonds is 13. The number of piperidine rings is 1. The van der Waals surface area contributed by atoms with Crippen molar-refractivity contribution < 1.29 is 43.5 Å². The molecule has 3 rings (SSSR count). The molecule has 0 saturated carbocycles. The lowest BCUT2D eigenvalue weighted by atomic mass is 9.99. The van der Waals surface area contributed by atoms with Gasteiger partial charge in [-0.1, -0.05) is 24.0 Å². The van der Waals surface area contributed by atoms with Gasteiger partial charge in [-0.25, -0.2) is 9.59 Å². The van der Waals surface area contributed by atoms with Crippen molar-refractivity contribution in [1.82, 2.24) is 4.90 Å². The van der Waals surface area contributed by atoms with E-state index in [-0.39, 0.29) is 66.2 Å². The molecule has 1 aliphatic rings. The van der Waals surface area contributed by atoms with Gasteiger partial charge < -0.3 is 40.6 Å². The molecule has 0 aromatic heterocycles. The van der Waals surface area contributed by atoms with Crippen molar-refractivity contribution in [2.24, 2.45) is 11.7 Å². The first-order valence-corrected chi connectivity index (χ1v) is 13.8. The molecular weight excluding hydrogens is 608 g/mol. The van der Waals surface area contributed by atoms with Crippen LogP contribution >= 0.6 is 0 Å². The molecule has 2 aromatic carbocycles. The van der Waals surface area contributed by atoms with E-state index in [0.717, 1.165) is 19.2 Å². The zero-order valence-corrected chi connectivity index (χ0v) is 24.9. The highest BCUT2D eigenvalue weighted by atomic mass is 16.6. The van der Waals surface area contributed by atoms with E-state index in [1.165, 1.54) is 24.1 Å². The quantitative estimate of drug-likeness (QED) is 0.0809. The number of nitrogens with zero attached hydrogens (tertiary/aromatic N) is 3. The number of esters is 1. The number of hydrogen-bond donors (Lipinski definition) is 4. The van der Waals surface area contributed by atoms with Crippen LogP contribution in [0.3, 0.4) is 0 Å². The first-order valence-electron chi connectivity index (χ1n) is 13.8. The van der Waals surface area contributed by atoms with Crippen molar-refractivity contribution in [3.63, 3.8) is 0 Å². The summed E-state index contributed by atoms with van der Waals surface area (Å²) in [4.78, 5) is 58.4. The van der Waals surface area contributed by atoms with E-state index in [1.807, 2.05) is 0 Å². The van der Waals surface area contributed by atoms with E-state index in [1.54, 1.807) is 12.2 Å². The van der Waals surface area contributed by atoms with E-state index >= 15 is 0 Å². The standard InChI is InChI=1S/C29H32N6O11/c1-44-23-16-20(28(37)45-2)14-22(35(42)43)25(23)31-9-3-4-10-32-26-21(34(40)41)13-19(27(30)36)15-24(26)46-12-6-8-18-7-5-11-33(17-18)29(38)39/h3-4,13-16,18,31-32H,5,7,9-12,17H2,1-2H3,(H2,30,36)(H,38,39)/b4-3+. The second-order valence-electron chi connectivity index (χ2n) is 9.72. The predicted octanol–water partition coefficient (Wildman–Crippen LogP) is 3.25. The van der Waals surface area contributed by atoms with E-state index in [0.29, 0.717) is 19.4 Å². The van der Waals surface area contributed by atoms with Crippen LogP contribution < -0.4 is 25.8 Å². The first kappa shape index (κ1) is 34.4. The molecule has 17 nitrogen and oxygen atoms in total. The second kappa shape index (κ2) is 16.1. The predicted molar refractivity (Wildman–Crippen MR) is 164 cm³/mol. The van der Waals surface area contributed by atoms with Gasteiger partial charge in [-0.2, -0.15) is 0 Å². The Kier molecular flexibility index (Phi) is 12.1. The summed E-state index contributed by atoms with van der Waals surface area (Å²) < 4.78 is 15.5. The number of benzene rings is 2. The molecule has 0 bridgehead atoms. The summed E-state index contributed by atoms with van der Waals surface area (Å²) in [5.41, 5.74) is 4.24. The molecule has 1 atom stereocenters. The van der Waals surface area contributed by atoms with E-state index < -0.39 is 39.2 Å². The Morgan fingerprint density at radius 2 is 1.61 bits per heavy atom. The minimum Gasteiger partial charge on any atom is -0.494 e. The number of amides is 2. The van der Waals surface area contributed by atoms with Crippen molar-refractivity contribution in [2.45, 2.75) is 12.8 Å². The fourth-order valence-electron chi connectivity index (χ4n) is 4.55. The van der Waals surface area contributed by atoms with Gasteiger partial charge >= 0.3 is 12.1 Å². The number of primary amides is 1. The molecule has 0 spiro atoms. The monoisotopic (exact) mass is 640 g/mol. The van der Waals surface area contributed by atoms with E-state index in [2.05, 4.69) is 27.2 Å². The van der Waals surface area contributed by atoms with Gasteiger partial charge in [0.25, 0.3) is 11.4 Å². The average Bonchev–Trinajstić information content (AvgIpc) is 3.03. The van der Waals surface area contributed by atoms with Crippen LogP contribution in [-0.2, 0) is 4.74 Å². The van der Waals surface area contributed by atoms with Crippen molar-refractivity contribution in [1.29, 1.82) is 0 Å². The largest absolute Gasteiger partial charge is 0.494 e. The summed E-state index contributed by atoms with van der Waals surface area (Å²) in [6.07, 6.45) is 3.54. The topological polar surface area (TPSA) is 239 Å². The third-order valence-corrected chi connectivity index (χ3v) is 6.74. The van der Waals surface area contributed by atoms with Crippen LogP contribution in [0.2, 0.25) is 0 Å². The number of anilines is 2. The lowest BCUT2D eigenvalue weighted by Crippen LogP contribution is -2.38. The second-order valence-corrected chi connectivity index (χ2v) is 9.72. The molecule has 2 amide bonds. The number of nitro benzene ring substituents is 2. The van der Waals surface area contributed by atoms with Crippen LogP contribution in [0.25, 0.3) is 0 Å². The Bertz CT molecular complexity index is 1600. The molecule has 0 radical (unpaired) electrons. The Labute approximate surface area is 262 Å². The lowest BCUT2D eigenvalue weighted by Gasteiger charge is -2.27. The maximum atomic E-state index is 11.9. The fraction of sp³-hybridized carbons (Fsp3) is 0.345. The molecule has 1 unspecified atom stereocenters. The van der Waals surface area contributed by atoms with Crippen LogP contribution in [0.5, 0.6) is 11.5 Å². The minimum atomic E-state index is -1.02. The molecule has 17 heteroatoms. The number of carbonyl (C=O) groups is 3. The van der Waals surface area contributed by atoms with Crippen molar-refractivity contribution >= 4 is 40.7 Å². The van der Waals surface area contributed by atoms with Gasteiger partial charge in [0.1, 0.15) is 12.4 Å². The zero-order valence-electron chi connectivity index (χ0n) is 24.9. The Morgan fingerprint density at radius 3 is 2.15 bits per heavy atom. The average molecular weight is 641 g/mol. The van der Waals surface area contributed by atoms with Gasteiger partial charge in [0, 0.05) is 49.8 Å². The van der Waals surface area contributed by atoms with Crippen LogP contribution in [0.1, 0.15) is 33.6 Å². The first-order chi connectivity index (χ1) is 22.0. The zero-order chi connectivity index (χ0) is 33.8. The number of nitrogens with two attached hydrogens (primary N) is 1. The molecule has 1 saturated heterocycles. The Morgan fingerprint density at radius 1 is 1.02 bits per heavy atom. The molecule has 0 aliphatic carbocycles. The highest BCUT2D eigenvalue weighted by molar-refractivity contribution is 5.96. The van der Waals surface area contributed by atoms with Gasteiger partial charge in [-0.05, 0) is 25.0 Å². The minimum absolute atomic E-state index is 0.0242. The third kappa shape index (κ3) is 8.98. The number of nitro groups is 2. The third-order valence-electron chi connectivity index (χ3n) is 6.74. The number of likely N-dealkylation sites (tertiary alicyclic amines) is 1. The molecule has 1 fully saturated rings. The molecule has 244 valence electrons. The molecule has 1 aliphatic heterocycles. The van der Waals surface area contributed by atoms with Crippen molar-refractivity contribution in [2.75, 3.05) is 57.6 Å². The Hall–Kier alpha value is -6.05. The van der Waals surface area contributed by atoms with Gasteiger partial charge in [0.15, 0.2) is 17.1 Å². The number of carbonyl (C=O) groups excluding carboxylic acids is 2. The summed E-state index contributed by atoms with van der Waals surface area (Å²) in [6, 6.07) is 4.62. The van der Waals surface area contributed by atoms with Crippen LogP contribution in [0.15, 0.2) is 36.4 Å². The number of nitrogens with one attached hydrogen (secondary N) is 2. The molecular formula is C29H32N6O11. The van der Waals surface area contributed by atoms with Crippen LogP contribution in [0, 0.1) is 38.0 Å². The summed E-state index contributed by atoms with van der Waals surface area (Å²) in [6.45, 7) is 0.600. The molecule has 5 N–H and O–H groups in total. The number of hydrogen-bond acceptors (Lipinski definition) is 12.